The standard InChI is InChI=1S/C6H15N.C2H5.Li/c1-5(2)7-6(3)4;1-2;/h5-7H,1-4H3;1H2,2H3;. The Morgan fingerprint density at radius 1 is 1.10 bits per heavy atom. The van der Waals surface area contributed by atoms with Crippen LogP contribution in [0.2, 0.25) is 5.09 Å². The maximum absolute atomic E-state index is 3.31. The van der Waals surface area contributed by atoms with Crippen molar-refractivity contribution in [2.75, 3.05) is 0 Å². The van der Waals surface area contributed by atoms with Crippen LogP contribution in [-0.2, 0) is 0 Å². The Morgan fingerprint density at radius 3 is 1.30 bits per heavy atom. The van der Waals surface area contributed by atoms with Gasteiger partial charge >= 0.3 is 29.7 Å². The normalized spacial score (nSPS) is 9.70. The molecule has 0 radical (unpaired) electrons. The van der Waals surface area contributed by atoms with Crippen molar-refractivity contribution in [3.8, 4) is 0 Å². The summed E-state index contributed by atoms with van der Waals surface area (Å²) < 4.78 is 0. The summed E-state index contributed by atoms with van der Waals surface area (Å²) in [5.41, 5.74) is 0. The van der Waals surface area contributed by atoms with Crippen LogP contribution in [0.25, 0.3) is 0 Å². The Labute approximate surface area is 75.2 Å². The molecular weight excluding hydrogens is 117 g/mol. The van der Waals surface area contributed by atoms with E-state index >= 15 is 0 Å². The third-order valence-corrected chi connectivity index (χ3v) is 0.667. The zero-order valence-corrected chi connectivity index (χ0v) is 8.36. The van der Waals surface area contributed by atoms with E-state index in [4.69, 9.17) is 0 Å². The van der Waals surface area contributed by atoms with Crippen molar-refractivity contribution in [1.82, 2.24) is 5.32 Å². The van der Waals surface area contributed by atoms with Crippen LogP contribution in [0.5, 0.6) is 0 Å². The van der Waals surface area contributed by atoms with Crippen LogP contribution < -0.4 is 5.32 Å². The Balaban J connectivity index is 0. The predicted octanol–water partition coefficient (Wildman–Crippen LogP) is 1.99. The first-order valence-electron chi connectivity index (χ1n) is 4.30. The van der Waals surface area contributed by atoms with E-state index in [-0.39, 0.29) is 0 Å². The summed E-state index contributed by atoms with van der Waals surface area (Å²) in [6.45, 7) is 10.7. The number of hydrogen-bond donors (Lipinski definition) is 1. The van der Waals surface area contributed by atoms with Crippen LogP contribution >= 0.6 is 0 Å². The molecule has 0 rings (SSSR count). The van der Waals surface area contributed by atoms with Crippen LogP contribution in [0.3, 0.4) is 0 Å². The second kappa shape index (κ2) is 9.56. The fourth-order valence-electron chi connectivity index (χ4n) is 0.667. The second-order valence-corrected chi connectivity index (χ2v) is 3.18. The molecule has 0 atom stereocenters. The van der Waals surface area contributed by atoms with Crippen LogP contribution in [0.4, 0.5) is 0 Å². The monoisotopic (exact) mass is 137 g/mol. The quantitative estimate of drug-likeness (QED) is 0.574. The van der Waals surface area contributed by atoms with Gasteiger partial charge in [-0.25, -0.2) is 0 Å². The number of rotatable bonds is 2. The van der Waals surface area contributed by atoms with E-state index in [1.165, 1.54) is 5.09 Å². The van der Waals surface area contributed by atoms with Crippen molar-refractivity contribution in [2.45, 2.75) is 51.8 Å². The van der Waals surface area contributed by atoms with Crippen molar-refractivity contribution >= 4 is 17.7 Å². The van der Waals surface area contributed by atoms with Crippen LogP contribution in [0.15, 0.2) is 0 Å². The fourth-order valence-corrected chi connectivity index (χ4v) is 0.667. The van der Waals surface area contributed by atoms with Crippen LogP contribution in [0.1, 0.15) is 34.6 Å². The molecule has 0 fully saturated rings. The average Bonchev–Trinajstić information content (AvgIpc) is 1.62. The first-order valence-corrected chi connectivity index (χ1v) is 4.30. The molecule has 0 unspecified atom stereocenters. The summed E-state index contributed by atoms with van der Waals surface area (Å²) in [5.74, 6) is 0. The van der Waals surface area contributed by atoms with Gasteiger partial charge in [-0.3, -0.25) is 0 Å². The van der Waals surface area contributed by atoms with Gasteiger partial charge in [-0.2, -0.15) is 0 Å². The Morgan fingerprint density at radius 2 is 1.30 bits per heavy atom. The van der Waals surface area contributed by atoms with Crippen molar-refractivity contribution in [3.05, 3.63) is 0 Å². The molecular formula is C8H20LiN. The van der Waals surface area contributed by atoms with E-state index < -0.39 is 0 Å². The van der Waals surface area contributed by atoms with E-state index in [0.29, 0.717) is 12.1 Å². The molecule has 10 heavy (non-hydrogen) atoms. The van der Waals surface area contributed by atoms with Crippen LogP contribution in [-0.4, -0.2) is 29.8 Å². The minimum absolute atomic E-state index is 0.625. The van der Waals surface area contributed by atoms with Crippen molar-refractivity contribution in [2.24, 2.45) is 0 Å². The minimum atomic E-state index is 0.625. The Kier molecular flexibility index (Phi) is 12.6. The zero-order chi connectivity index (χ0) is 8.57. The van der Waals surface area contributed by atoms with Crippen molar-refractivity contribution < 1.29 is 0 Å². The number of hydrogen-bond acceptors (Lipinski definition) is 1. The van der Waals surface area contributed by atoms with Gasteiger partial charge in [-0.15, -0.1) is 0 Å². The van der Waals surface area contributed by atoms with Gasteiger partial charge in [0, 0.05) is 12.1 Å². The third-order valence-electron chi connectivity index (χ3n) is 0.667. The van der Waals surface area contributed by atoms with Crippen LogP contribution in [0, 0.1) is 0 Å². The summed E-state index contributed by atoms with van der Waals surface area (Å²) >= 11 is 2.12. The molecule has 58 valence electrons. The summed E-state index contributed by atoms with van der Waals surface area (Å²) in [7, 11) is 0. The van der Waals surface area contributed by atoms with Gasteiger partial charge in [0.15, 0.2) is 0 Å². The molecule has 0 saturated heterocycles. The maximum atomic E-state index is 3.31. The molecule has 0 amide bonds. The third kappa shape index (κ3) is 23.5. The van der Waals surface area contributed by atoms with E-state index in [9.17, 15) is 0 Å². The van der Waals surface area contributed by atoms with E-state index in [0.717, 1.165) is 0 Å². The zero-order valence-electron chi connectivity index (χ0n) is 8.36. The molecule has 0 aromatic carbocycles. The molecule has 0 aliphatic rings. The number of nitrogens with one attached hydrogen (secondary N) is 1. The van der Waals surface area contributed by atoms with Gasteiger partial charge in [0.05, 0.1) is 0 Å². The molecule has 0 aromatic rings. The molecule has 0 aliphatic heterocycles. The topological polar surface area (TPSA) is 12.0 Å². The summed E-state index contributed by atoms with van der Waals surface area (Å²) in [6.07, 6.45) is 0. The van der Waals surface area contributed by atoms with Gasteiger partial charge in [0.25, 0.3) is 0 Å². The van der Waals surface area contributed by atoms with Gasteiger partial charge < -0.3 is 5.32 Å². The van der Waals surface area contributed by atoms with E-state index in [1.54, 1.807) is 0 Å². The van der Waals surface area contributed by atoms with Crippen molar-refractivity contribution in [3.63, 3.8) is 0 Å². The fraction of sp³-hybridized carbons (Fsp3) is 1.00. The summed E-state index contributed by atoms with van der Waals surface area (Å²) in [5, 5.41) is 4.56. The van der Waals surface area contributed by atoms with Crippen molar-refractivity contribution in [1.29, 1.82) is 0 Å². The second-order valence-electron chi connectivity index (χ2n) is 3.18. The molecule has 0 heterocycles. The van der Waals surface area contributed by atoms with E-state index in [2.05, 4.69) is 57.7 Å². The molecule has 0 spiro atoms. The molecule has 0 bridgehead atoms. The first kappa shape index (κ1) is 13.2. The molecule has 0 aromatic heterocycles. The summed E-state index contributed by atoms with van der Waals surface area (Å²) in [4.78, 5) is 0. The van der Waals surface area contributed by atoms with Gasteiger partial charge in [-0.05, 0) is 0 Å². The average molecular weight is 137 g/mol. The molecule has 2 heteroatoms. The molecule has 0 aliphatic carbocycles. The SMILES string of the molecule is CC(C)NC(C)C.[Li][CH2]C. The molecule has 1 nitrogen and oxygen atoms in total. The van der Waals surface area contributed by atoms with E-state index in [1.807, 2.05) is 0 Å². The van der Waals surface area contributed by atoms with Gasteiger partial charge in [0.1, 0.15) is 0 Å². The van der Waals surface area contributed by atoms with Gasteiger partial charge in [0.2, 0.25) is 0 Å². The molecule has 0 saturated carbocycles. The Bertz CT molecular complexity index is 47.2. The summed E-state index contributed by atoms with van der Waals surface area (Å²) in [6, 6.07) is 1.25. The first-order chi connectivity index (χ1) is 4.54. The molecule has 1 N–H and O–H groups in total. The van der Waals surface area contributed by atoms with Gasteiger partial charge in [-0.1, -0.05) is 27.7 Å². The predicted molar refractivity (Wildman–Crippen MR) is 49.6 cm³/mol. The Hall–Kier alpha value is 0.557.